The fraction of sp³-hybridized carbons (Fsp3) is 0.125. The highest BCUT2D eigenvalue weighted by atomic mass is 32.1. The quantitative estimate of drug-likeness (QED) is 0.787. The van der Waals surface area contributed by atoms with Gasteiger partial charge in [-0.25, -0.2) is 4.68 Å². The van der Waals surface area contributed by atoms with Crippen LogP contribution in [0, 0.1) is 11.3 Å². The van der Waals surface area contributed by atoms with E-state index >= 15 is 0 Å². The minimum atomic E-state index is 0.634. The molecular weight excluding hydrogens is 280 g/mol. The summed E-state index contributed by atoms with van der Waals surface area (Å²) in [5, 5.41) is 19.5. The maximum absolute atomic E-state index is 9.31. The second-order valence-corrected chi connectivity index (χ2v) is 5.82. The van der Waals surface area contributed by atoms with E-state index in [2.05, 4.69) is 22.8 Å². The highest BCUT2D eigenvalue weighted by Crippen LogP contribution is 2.36. The van der Waals surface area contributed by atoms with Gasteiger partial charge in [-0.3, -0.25) is 0 Å². The van der Waals surface area contributed by atoms with Gasteiger partial charge in [-0.2, -0.15) is 10.4 Å². The molecule has 1 aliphatic rings. The summed E-state index contributed by atoms with van der Waals surface area (Å²) in [6.45, 7) is 0.917. The van der Waals surface area contributed by atoms with E-state index in [0.29, 0.717) is 5.56 Å². The molecule has 0 atom stereocenters. The minimum absolute atomic E-state index is 0.634. The second kappa shape index (κ2) is 4.76. The summed E-state index contributed by atoms with van der Waals surface area (Å²) in [4.78, 5) is 1.17. The Labute approximate surface area is 126 Å². The molecule has 1 aromatic carbocycles. The van der Waals surface area contributed by atoms with E-state index < -0.39 is 0 Å². The van der Waals surface area contributed by atoms with Crippen molar-refractivity contribution in [3.8, 4) is 22.3 Å². The fourth-order valence-electron chi connectivity index (χ4n) is 2.71. The third-order valence-corrected chi connectivity index (χ3v) is 4.53. The summed E-state index contributed by atoms with van der Waals surface area (Å²) in [6.07, 6.45) is 0.970. The summed E-state index contributed by atoms with van der Waals surface area (Å²) < 4.78 is 1.87. The lowest BCUT2D eigenvalue weighted by Crippen LogP contribution is -2.05. The molecule has 1 N–H and O–H groups in total. The van der Waals surface area contributed by atoms with E-state index in [1.54, 1.807) is 11.3 Å². The molecule has 0 saturated heterocycles. The van der Waals surface area contributed by atoms with Crippen LogP contribution in [0.15, 0.2) is 41.8 Å². The normalized spacial score (nSPS) is 12.7. The van der Waals surface area contributed by atoms with Crippen LogP contribution in [0.3, 0.4) is 0 Å². The summed E-state index contributed by atoms with van der Waals surface area (Å²) >= 11 is 1.69. The molecule has 0 bridgehead atoms. The van der Waals surface area contributed by atoms with Gasteiger partial charge in [0.25, 0.3) is 0 Å². The molecule has 21 heavy (non-hydrogen) atoms. The Kier molecular flexibility index (Phi) is 2.76. The molecule has 2 aromatic heterocycles. The summed E-state index contributed by atoms with van der Waals surface area (Å²) in [5.74, 6) is 1.01. The smallest absolute Gasteiger partial charge is 0.133 e. The molecule has 0 unspecified atom stereocenters. The maximum atomic E-state index is 9.31. The highest BCUT2D eigenvalue weighted by molar-refractivity contribution is 7.13. The lowest BCUT2D eigenvalue weighted by molar-refractivity contribution is 0.880. The van der Waals surface area contributed by atoms with Crippen LogP contribution in [-0.2, 0) is 6.42 Å². The molecule has 0 aliphatic carbocycles. The summed E-state index contributed by atoms with van der Waals surface area (Å²) in [5.41, 5.74) is 3.73. The van der Waals surface area contributed by atoms with Crippen molar-refractivity contribution in [3.05, 3.63) is 52.9 Å². The Morgan fingerprint density at radius 2 is 2.14 bits per heavy atom. The molecule has 4 nitrogen and oxygen atoms in total. The number of hydrogen-bond donors (Lipinski definition) is 1. The van der Waals surface area contributed by atoms with E-state index in [4.69, 9.17) is 5.10 Å². The number of aromatic nitrogens is 2. The molecule has 0 saturated carbocycles. The molecule has 0 radical (unpaired) electrons. The van der Waals surface area contributed by atoms with Crippen molar-refractivity contribution in [2.24, 2.45) is 0 Å². The fourth-order valence-corrected chi connectivity index (χ4v) is 3.45. The zero-order valence-corrected chi connectivity index (χ0v) is 12.0. The molecule has 5 heteroatoms. The predicted molar refractivity (Wildman–Crippen MR) is 83.8 cm³/mol. The maximum Gasteiger partial charge on any atom is 0.133 e. The van der Waals surface area contributed by atoms with E-state index in [1.165, 1.54) is 10.4 Å². The topological polar surface area (TPSA) is 53.6 Å². The van der Waals surface area contributed by atoms with Gasteiger partial charge in [-0.05, 0) is 30.0 Å². The van der Waals surface area contributed by atoms with Crippen molar-refractivity contribution >= 4 is 17.2 Å². The molecule has 0 spiro atoms. The molecule has 3 heterocycles. The van der Waals surface area contributed by atoms with Crippen LogP contribution >= 0.6 is 11.3 Å². The molecule has 0 amide bonds. The van der Waals surface area contributed by atoms with Gasteiger partial charge in [0.2, 0.25) is 0 Å². The van der Waals surface area contributed by atoms with E-state index in [1.807, 2.05) is 35.0 Å². The number of benzene rings is 1. The Bertz CT molecular complexity index is 840. The van der Waals surface area contributed by atoms with Crippen molar-refractivity contribution < 1.29 is 0 Å². The van der Waals surface area contributed by atoms with Gasteiger partial charge < -0.3 is 5.32 Å². The van der Waals surface area contributed by atoms with E-state index in [9.17, 15) is 5.26 Å². The largest absolute Gasteiger partial charge is 0.369 e. The third-order valence-electron chi connectivity index (χ3n) is 3.66. The number of para-hydroxylation sites is 1. The van der Waals surface area contributed by atoms with Gasteiger partial charge in [-0.1, -0.05) is 18.2 Å². The molecule has 4 rings (SSSR count). The van der Waals surface area contributed by atoms with Crippen LogP contribution < -0.4 is 5.32 Å². The second-order valence-electron chi connectivity index (χ2n) is 4.87. The van der Waals surface area contributed by atoms with Crippen molar-refractivity contribution in [3.63, 3.8) is 0 Å². The molecule has 3 aromatic rings. The molecule has 0 fully saturated rings. The molecular formula is C16H12N4S. The summed E-state index contributed by atoms with van der Waals surface area (Å²) in [7, 11) is 0. The number of anilines is 1. The average molecular weight is 292 g/mol. The van der Waals surface area contributed by atoms with Gasteiger partial charge in [0.05, 0.1) is 16.1 Å². The van der Waals surface area contributed by atoms with Gasteiger partial charge in [0.15, 0.2) is 0 Å². The first-order chi connectivity index (χ1) is 10.4. The standard InChI is InChI=1S/C16H12N4S/c17-10-11-4-1-2-5-13(11)20-16-12(7-8-18-16)15(19-20)14-6-3-9-21-14/h1-6,9,18H,7-8H2. The number of nitrogens with one attached hydrogen (secondary N) is 1. The number of nitrogens with zero attached hydrogens (tertiary/aromatic N) is 3. The number of nitriles is 1. The van der Waals surface area contributed by atoms with Crippen molar-refractivity contribution in [2.45, 2.75) is 6.42 Å². The van der Waals surface area contributed by atoms with Gasteiger partial charge >= 0.3 is 0 Å². The number of rotatable bonds is 2. The van der Waals surface area contributed by atoms with Crippen molar-refractivity contribution in [2.75, 3.05) is 11.9 Å². The average Bonchev–Trinajstić information content (AvgIpc) is 3.24. The SMILES string of the molecule is N#Cc1ccccc1-n1nc(-c2cccs2)c2c1NCC2. The van der Waals surface area contributed by atoms with Crippen LogP contribution in [0.5, 0.6) is 0 Å². The summed E-state index contributed by atoms with van der Waals surface area (Å²) in [6, 6.07) is 13.9. The highest BCUT2D eigenvalue weighted by Gasteiger charge is 2.25. The third kappa shape index (κ3) is 1.84. The number of fused-ring (bicyclic) bond motifs is 1. The first kappa shape index (κ1) is 12.2. The van der Waals surface area contributed by atoms with E-state index in [-0.39, 0.29) is 0 Å². The van der Waals surface area contributed by atoms with Crippen molar-refractivity contribution in [1.29, 1.82) is 5.26 Å². The first-order valence-corrected chi connectivity index (χ1v) is 7.65. The molecule has 1 aliphatic heterocycles. The van der Waals surface area contributed by atoms with Crippen LogP contribution in [0.25, 0.3) is 16.3 Å². The van der Waals surface area contributed by atoms with Crippen LogP contribution in [0.1, 0.15) is 11.1 Å². The number of hydrogen-bond acceptors (Lipinski definition) is 4. The molecule has 102 valence electrons. The number of thiophene rings is 1. The Balaban J connectivity index is 1.95. The lowest BCUT2D eigenvalue weighted by atomic mass is 10.2. The zero-order chi connectivity index (χ0) is 14.2. The Hall–Kier alpha value is -2.58. The lowest BCUT2D eigenvalue weighted by Gasteiger charge is -2.07. The van der Waals surface area contributed by atoms with Crippen LogP contribution in [0.4, 0.5) is 5.82 Å². The zero-order valence-electron chi connectivity index (χ0n) is 11.2. The van der Waals surface area contributed by atoms with E-state index in [0.717, 1.165) is 30.2 Å². The van der Waals surface area contributed by atoms with Gasteiger partial charge in [0.1, 0.15) is 17.6 Å². The van der Waals surface area contributed by atoms with Gasteiger partial charge in [0, 0.05) is 12.1 Å². The monoisotopic (exact) mass is 292 g/mol. The van der Waals surface area contributed by atoms with Crippen LogP contribution in [0.2, 0.25) is 0 Å². The van der Waals surface area contributed by atoms with Crippen molar-refractivity contribution in [1.82, 2.24) is 9.78 Å². The first-order valence-electron chi connectivity index (χ1n) is 6.77. The minimum Gasteiger partial charge on any atom is -0.369 e. The Morgan fingerprint density at radius 3 is 2.95 bits per heavy atom. The predicted octanol–water partition coefficient (Wildman–Crippen LogP) is 3.44. The van der Waals surface area contributed by atoms with Crippen LogP contribution in [-0.4, -0.2) is 16.3 Å². The van der Waals surface area contributed by atoms with Gasteiger partial charge in [-0.15, -0.1) is 11.3 Å². The Morgan fingerprint density at radius 1 is 1.24 bits per heavy atom.